The van der Waals surface area contributed by atoms with Crippen molar-refractivity contribution in [3.63, 3.8) is 0 Å². The van der Waals surface area contributed by atoms with E-state index < -0.39 is 0 Å². The van der Waals surface area contributed by atoms with Crippen LogP contribution in [0, 0.1) is 0 Å². The van der Waals surface area contributed by atoms with Gasteiger partial charge in [0.05, 0.1) is 11.2 Å². The number of oxime groups is 1. The molecule has 4 aromatic rings. The topological polar surface area (TPSA) is 59.4 Å². The van der Waals surface area contributed by atoms with Gasteiger partial charge in [-0.1, -0.05) is 53.2 Å². The molecule has 0 aliphatic rings. The fourth-order valence-corrected chi connectivity index (χ4v) is 3.03. The second-order valence-electron chi connectivity index (χ2n) is 6.52. The summed E-state index contributed by atoms with van der Waals surface area (Å²) in [5.41, 5.74) is 4.57. The van der Waals surface area contributed by atoms with E-state index in [1.807, 2.05) is 79.7 Å². The molecule has 0 amide bonds. The van der Waals surface area contributed by atoms with Crippen LogP contribution in [0.3, 0.4) is 0 Å². The molecule has 1 heterocycles. The highest BCUT2D eigenvalue weighted by atomic mass is 35.5. The summed E-state index contributed by atoms with van der Waals surface area (Å²) < 4.78 is 0. The number of anilines is 2. The van der Waals surface area contributed by atoms with E-state index in [0.717, 1.165) is 39.2 Å². The highest BCUT2D eigenvalue weighted by molar-refractivity contribution is 6.30. The summed E-state index contributed by atoms with van der Waals surface area (Å²) in [5, 5.41) is 9.28. The first-order valence-electron chi connectivity index (χ1n) is 9.17. The summed E-state index contributed by atoms with van der Waals surface area (Å²) in [7, 11) is 0. The van der Waals surface area contributed by atoms with Gasteiger partial charge in [0, 0.05) is 21.7 Å². The second-order valence-corrected chi connectivity index (χ2v) is 6.96. The molecule has 3 aromatic carbocycles. The number of aromatic nitrogens is 2. The maximum Gasteiger partial charge on any atom is 0.142 e. The molecule has 6 heteroatoms. The molecule has 0 saturated heterocycles. The van der Waals surface area contributed by atoms with Gasteiger partial charge in [-0.15, -0.1) is 0 Å². The maximum atomic E-state index is 5.90. The van der Waals surface area contributed by atoms with E-state index in [1.54, 1.807) is 6.33 Å². The Morgan fingerprint density at radius 1 is 1.00 bits per heavy atom. The molecule has 0 unspecified atom stereocenters. The van der Waals surface area contributed by atoms with E-state index in [1.165, 1.54) is 0 Å². The molecule has 144 valence electrons. The molecular weight excluding hydrogens is 384 g/mol. The fourth-order valence-electron chi connectivity index (χ4n) is 2.90. The number of fused-ring (bicyclic) bond motifs is 1. The van der Waals surface area contributed by atoms with Crippen LogP contribution >= 0.6 is 11.6 Å². The van der Waals surface area contributed by atoms with Gasteiger partial charge in [0.1, 0.15) is 18.8 Å². The predicted molar refractivity (Wildman–Crippen MR) is 118 cm³/mol. The molecule has 0 bridgehead atoms. The third-order valence-electron chi connectivity index (χ3n) is 4.43. The molecule has 0 atom stereocenters. The van der Waals surface area contributed by atoms with Crippen molar-refractivity contribution in [3.8, 4) is 0 Å². The van der Waals surface area contributed by atoms with Gasteiger partial charge in [-0.25, -0.2) is 9.97 Å². The Balaban J connectivity index is 1.48. The molecule has 0 aliphatic carbocycles. The first-order valence-corrected chi connectivity index (χ1v) is 9.55. The molecular formula is C23H19ClN4O. The Morgan fingerprint density at radius 3 is 2.69 bits per heavy atom. The fraction of sp³-hybridized carbons (Fsp3) is 0.0870. The predicted octanol–water partition coefficient (Wildman–Crippen LogP) is 5.97. The number of benzene rings is 3. The quantitative estimate of drug-likeness (QED) is 0.319. The molecule has 0 saturated carbocycles. The van der Waals surface area contributed by atoms with E-state index >= 15 is 0 Å². The lowest BCUT2D eigenvalue weighted by Gasteiger charge is -2.10. The number of rotatable bonds is 6. The summed E-state index contributed by atoms with van der Waals surface area (Å²) in [6, 6.07) is 23.4. The van der Waals surface area contributed by atoms with Crippen molar-refractivity contribution in [2.24, 2.45) is 5.16 Å². The van der Waals surface area contributed by atoms with Crippen molar-refractivity contribution in [1.29, 1.82) is 0 Å². The number of hydrogen-bond acceptors (Lipinski definition) is 5. The minimum Gasteiger partial charge on any atom is -0.391 e. The van der Waals surface area contributed by atoms with E-state index in [-0.39, 0.29) is 0 Å². The van der Waals surface area contributed by atoms with Gasteiger partial charge >= 0.3 is 0 Å². The zero-order chi connectivity index (χ0) is 20.1. The Hall–Kier alpha value is -3.44. The maximum absolute atomic E-state index is 5.90. The van der Waals surface area contributed by atoms with E-state index in [4.69, 9.17) is 16.4 Å². The Kier molecular flexibility index (Phi) is 5.68. The molecule has 1 aromatic heterocycles. The average molecular weight is 403 g/mol. The number of hydrogen-bond donors (Lipinski definition) is 1. The average Bonchev–Trinajstić information content (AvgIpc) is 2.75. The third kappa shape index (κ3) is 4.70. The van der Waals surface area contributed by atoms with Crippen molar-refractivity contribution in [2.75, 3.05) is 5.32 Å². The summed E-state index contributed by atoms with van der Waals surface area (Å²) in [6.07, 6.45) is 1.56. The monoisotopic (exact) mass is 402 g/mol. The van der Waals surface area contributed by atoms with E-state index in [2.05, 4.69) is 20.4 Å². The second kappa shape index (κ2) is 8.71. The van der Waals surface area contributed by atoms with Crippen LogP contribution in [0.1, 0.15) is 18.1 Å². The normalized spacial score (nSPS) is 11.4. The minimum absolute atomic E-state index is 0.388. The van der Waals surface area contributed by atoms with Crippen molar-refractivity contribution in [1.82, 2.24) is 9.97 Å². The number of halogens is 1. The Bertz CT molecular complexity index is 1150. The van der Waals surface area contributed by atoms with Crippen molar-refractivity contribution < 1.29 is 4.84 Å². The van der Waals surface area contributed by atoms with Crippen molar-refractivity contribution >= 4 is 39.7 Å². The summed E-state index contributed by atoms with van der Waals surface area (Å²) in [6.45, 7) is 2.31. The molecule has 0 radical (unpaired) electrons. The van der Waals surface area contributed by atoms with Crippen LogP contribution in [0.2, 0.25) is 5.02 Å². The van der Waals surface area contributed by atoms with Gasteiger partial charge in [-0.05, 0) is 48.9 Å². The first-order chi connectivity index (χ1) is 14.2. The van der Waals surface area contributed by atoms with Crippen molar-refractivity contribution in [3.05, 3.63) is 95.3 Å². The van der Waals surface area contributed by atoms with E-state index in [9.17, 15) is 0 Å². The standard InChI is InChI=1S/C23H19ClN4O/c1-16(28-29-14-17-9-11-19(24)12-10-17)18-5-4-6-20(13-18)27-23-21-7-2-3-8-22(21)25-15-26-23/h2-13,15H,14H2,1H3,(H,25,26,27)/b28-16+. The van der Waals surface area contributed by atoms with Gasteiger partial charge in [0.15, 0.2) is 0 Å². The molecule has 5 nitrogen and oxygen atoms in total. The van der Waals surface area contributed by atoms with Crippen LogP contribution < -0.4 is 5.32 Å². The molecule has 1 N–H and O–H groups in total. The summed E-state index contributed by atoms with van der Waals surface area (Å²) in [5.74, 6) is 0.765. The van der Waals surface area contributed by atoms with Crippen LogP contribution in [0.15, 0.2) is 84.3 Å². The van der Waals surface area contributed by atoms with Crippen LogP contribution in [0.4, 0.5) is 11.5 Å². The van der Waals surface area contributed by atoms with Gasteiger partial charge in [-0.2, -0.15) is 0 Å². The zero-order valence-electron chi connectivity index (χ0n) is 15.8. The lowest BCUT2D eigenvalue weighted by molar-refractivity contribution is 0.130. The highest BCUT2D eigenvalue weighted by Gasteiger charge is 2.05. The van der Waals surface area contributed by atoms with Crippen molar-refractivity contribution in [2.45, 2.75) is 13.5 Å². The minimum atomic E-state index is 0.388. The highest BCUT2D eigenvalue weighted by Crippen LogP contribution is 2.23. The van der Waals surface area contributed by atoms with Crippen LogP contribution in [-0.2, 0) is 11.4 Å². The SMILES string of the molecule is C/C(=N\OCc1ccc(Cl)cc1)c1cccc(Nc2ncnc3ccccc23)c1. The van der Waals surface area contributed by atoms with Crippen LogP contribution in [0.25, 0.3) is 10.9 Å². The molecule has 0 spiro atoms. The Labute approximate surface area is 174 Å². The molecule has 29 heavy (non-hydrogen) atoms. The summed E-state index contributed by atoms with van der Waals surface area (Å²) in [4.78, 5) is 14.2. The zero-order valence-corrected chi connectivity index (χ0v) is 16.6. The van der Waals surface area contributed by atoms with Crippen LogP contribution in [-0.4, -0.2) is 15.7 Å². The third-order valence-corrected chi connectivity index (χ3v) is 4.68. The number of nitrogens with zero attached hydrogens (tertiary/aromatic N) is 3. The lowest BCUT2D eigenvalue weighted by Crippen LogP contribution is -2.00. The lowest BCUT2D eigenvalue weighted by atomic mass is 10.1. The number of para-hydroxylation sites is 1. The molecule has 4 rings (SSSR count). The summed E-state index contributed by atoms with van der Waals surface area (Å²) >= 11 is 5.90. The van der Waals surface area contributed by atoms with E-state index in [0.29, 0.717) is 11.6 Å². The van der Waals surface area contributed by atoms with Gasteiger partial charge in [0.25, 0.3) is 0 Å². The smallest absolute Gasteiger partial charge is 0.142 e. The first kappa shape index (κ1) is 18.9. The molecule has 0 fully saturated rings. The van der Waals surface area contributed by atoms with Gasteiger partial charge in [0.2, 0.25) is 0 Å². The molecule has 0 aliphatic heterocycles. The largest absolute Gasteiger partial charge is 0.391 e. The number of nitrogens with one attached hydrogen (secondary N) is 1. The van der Waals surface area contributed by atoms with Gasteiger partial charge in [-0.3, -0.25) is 0 Å². The Morgan fingerprint density at radius 2 is 1.83 bits per heavy atom. The van der Waals surface area contributed by atoms with Crippen LogP contribution in [0.5, 0.6) is 0 Å². The van der Waals surface area contributed by atoms with Gasteiger partial charge < -0.3 is 10.2 Å².